The quantitative estimate of drug-likeness (QED) is 0.319. The number of halogens is 1. The molecular weight excluding hydrogens is 535 g/mol. The highest BCUT2D eigenvalue weighted by molar-refractivity contribution is 6.07. The average molecular weight is 569 g/mol. The molecular formula is C32H33FN6O3. The molecule has 1 aliphatic carbocycles. The van der Waals surface area contributed by atoms with E-state index in [4.69, 9.17) is 0 Å². The molecule has 42 heavy (non-hydrogen) atoms. The van der Waals surface area contributed by atoms with E-state index in [0.717, 1.165) is 23.1 Å². The first-order valence-corrected chi connectivity index (χ1v) is 14.2. The maximum atomic E-state index is 14.0. The van der Waals surface area contributed by atoms with Crippen molar-refractivity contribution < 1.29 is 18.8 Å². The van der Waals surface area contributed by atoms with E-state index in [1.165, 1.54) is 13.0 Å². The number of benzene rings is 2. The van der Waals surface area contributed by atoms with Crippen molar-refractivity contribution in [2.45, 2.75) is 65.6 Å². The van der Waals surface area contributed by atoms with E-state index in [1.54, 1.807) is 40.2 Å². The lowest BCUT2D eigenvalue weighted by Crippen LogP contribution is -2.49. The van der Waals surface area contributed by atoms with Gasteiger partial charge in [0.2, 0.25) is 11.8 Å². The first-order valence-electron chi connectivity index (χ1n) is 14.2. The molecule has 0 radical (unpaired) electrons. The normalized spacial score (nSPS) is 20.9. The topological polar surface area (TPSA) is 110 Å². The highest BCUT2D eigenvalue weighted by Crippen LogP contribution is 2.59. The zero-order valence-electron chi connectivity index (χ0n) is 24.1. The van der Waals surface area contributed by atoms with Crippen LogP contribution in [0.2, 0.25) is 0 Å². The van der Waals surface area contributed by atoms with Crippen LogP contribution in [0.15, 0.2) is 48.8 Å². The van der Waals surface area contributed by atoms with Crippen LogP contribution in [0.25, 0.3) is 22.0 Å². The third-order valence-corrected chi connectivity index (χ3v) is 8.64. The number of hydrogen-bond acceptors (Lipinski definition) is 6. The highest BCUT2D eigenvalue weighted by atomic mass is 19.1. The maximum Gasteiger partial charge on any atom is 0.245 e. The van der Waals surface area contributed by atoms with E-state index in [-0.39, 0.29) is 53.7 Å². The van der Waals surface area contributed by atoms with Crippen molar-refractivity contribution >= 4 is 28.5 Å². The smallest absolute Gasteiger partial charge is 0.245 e. The van der Waals surface area contributed by atoms with Crippen molar-refractivity contribution in [1.29, 1.82) is 0 Å². The predicted octanol–water partition coefficient (Wildman–Crippen LogP) is 4.19. The number of ketones is 1. The Hall–Kier alpha value is -4.47. The second kappa shape index (κ2) is 10.4. The van der Waals surface area contributed by atoms with Gasteiger partial charge in [0.1, 0.15) is 29.9 Å². The van der Waals surface area contributed by atoms with Crippen molar-refractivity contribution in [3.63, 3.8) is 0 Å². The molecule has 4 aromatic rings. The van der Waals surface area contributed by atoms with Gasteiger partial charge < -0.3 is 10.2 Å². The van der Waals surface area contributed by atoms with Gasteiger partial charge in [-0.15, -0.1) is 0 Å². The molecule has 10 heteroatoms. The summed E-state index contributed by atoms with van der Waals surface area (Å²) in [6.45, 7) is 7.48. The molecule has 2 aromatic heterocycles. The molecule has 1 aliphatic heterocycles. The highest BCUT2D eigenvalue weighted by Gasteiger charge is 2.64. The number of nitrogens with one attached hydrogen (secondary N) is 1. The molecule has 3 heterocycles. The third kappa shape index (κ3) is 4.95. The molecule has 0 spiro atoms. The standard InChI is InChI=1S/C32H33FN6O3/c1-18-11-22(23-15-35-20(3)36-16-23)12-24-29(19(2)40)37-38(30(18)24)17-28(41)39-26(13-32(4)14-27(32)39)31(42)34-10-9-21-7-5-6-8-25(21)33/h5-8,11-12,15-16,26-27H,9-10,13-14,17H2,1-4H3,(H,34,42)/t26-,27?,32-/m0/s1. The summed E-state index contributed by atoms with van der Waals surface area (Å²) in [6, 6.07) is 9.74. The lowest BCUT2D eigenvalue weighted by molar-refractivity contribution is -0.140. The van der Waals surface area contributed by atoms with E-state index < -0.39 is 6.04 Å². The monoisotopic (exact) mass is 568 g/mol. The fourth-order valence-electron chi connectivity index (χ4n) is 6.32. The SMILES string of the molecule is CC(=O)c1nn(CC(=O)N2C3C[C@]3(C)C[C@H]2C(=O)NCCc2ccccc2F)c2c(C)cc(-c3cnc(C)nc3)cc12. The first kappa shape index (κ1) is 27.7. The zero-order chi connectivity index (χ0) is 29.8. The number of fused-ring (bicyclic) bond motifs is 2. The Morgan fingerprint density at radius 3 is 2.52 bits per heavy atom. The van der Waals surface area contributed by atoms with Crippen molar-refractivity contribution in [2.24, 2.45) is 5.41 Å². The summed E-state index contributed by atoms with van der Waals surface area (Å²) in [5.41, 5.74) is 3.96. The van der Waals surface area contributed by atoms with Crippen LogP contribution in [0, 0.1) is 25.1 Å². The summed E-state index contributed by atoms with van der Waals surface area (Å²) in [7, 11) is 0. The lowest BCUT2D eigenvalue weighted by atomic mass is 10.0. The Balaban J connectivity index is 1.24. The Labute approximate surface area is 243 Å². The Bertz CT molecular complexity index is 1730. The Kier molecular flexibility index (Phi) is 6.87. The zero-order valence-corrected chi connectivity index (χ0v) is 24.1. The molecule has 2 aliphatic rings. The number of aryl methyl sites for hydroxylation is 2. The fourth-order valence-corrected chi connectivity index (χ4v) is 6.32. The molecule has 2 fully saturated rings. The van der Waals surface area contributed by atoms with E-state index in [2.05, 4.69) is 27.3 Å². The number of amides is 2. The second-order valence-corrected chi connectivity index (χ2v) is 11.8. The van der Waals surface area contributed by atoms with Gasteiger partial charge in [-0.25, -0.2) is 14.4 Å². The number of carbonyl (C=O) groups is 3. The largest absolute Gasteiger partial charge is 0.354 e. The molecule has 0 bridgehead atoms. The minimum atomic E-state index is -0.606. The first-order chi connectivity index (χ1) is 20.1. The van der Waals surface area contributed by atoms with Crippen LogP contribution >= 0.6 is 0 Å². The molecule has 2 aromatic carbocycles. The van der Waals surface area contributed by atoms with Gasteiger partial charge >= 0.3 is 0 Å². The Morgan fingerprint density at radius 2 is 1.81 bits per heavy atom. The van der Waals surface area contributed by atoms with Crippen LogP contribution < -0.4 is 5.32 Å². The van der Waals surface area contributed by atoms with Crippen LogP contribution in [-0.4, -0.2) is 60.9 Å². The maximum absolute atomic E-state index is 14.0. The minimum Gasteiger partial charge on any atom is -0.354 e. The molecule has 9 nitrogen and oxygen atoms in total. The molecule has 6 rings (SSSR count). The summed E-state index contributed by atoms with van der Waals surface area (Å²) in [5, 5.41) is 8.15. The van der Waals surface area contributed by atoms with E-state index in [1.807, 2.05) is 26.0 Å². The van der Waals surface area contributed by atoms with E-state index >= 15 is 0 Å². The predicted molar refractivity (Wildman–Crippen MR) is 155 cm³/mol. The van der Waals surface area contributed by atoms with Gasteiger partial charge in [0.25, 0.3) is 0 Å². The van der Waals surface area contributed by atoms with Crippen LogP contribution in [-0.2, 0) is 22.6 Å². The summed E-state index contributed by atoms with van der Waals surface area (Å²) in [4.78, 5) is 50.0. The molecule has 2 amide bonds. The summed E-state index contributed by atoms with van der Waals surface area (Å²) >= 11 is 0. The number of Topliss-reactive ketones (excluding diaryl/α,β-unsaturated/α-hetero) is 1. The van der Waals surface area contributed by atoms with Gasteiger partial charge in [-0.05, 0) is 73.4 Å². The number of rotatable bonds is 8. The molecule has 1 unspecified atom stereocenters. The van der Waals surface area contributed by atoms with Gasteiger partial charge in [0.05, 0.1) is 5.52 Å². The number of likely N-dealkylation sites (tertiary alicyclic amines) is 1. The van der Waals surface area contributed by atoms with Crippen molar-refractivity contribution in [3.8, 4) is 11.1 Å². The van der Waals surface area contributed by atoms with Crippen molar-refractivity contribution in [3.05, 3.63) is 77.3 Å². The van der Waals surface area contributed by atoms with Crippen LogP contribution in [0.4, 0.5) is 4.39 Å². The van der Waals surface area contributed by atoms with Gasteiger partial charge in [-0.1, -0.05) is 25.1 Å². The number of piperidine rings is 1. The fraction of sp³-hybridized carbons (Fsp3) is 0.375. The van der Waals surface area contributed by atoms with Crippen LogP contribution in [0.1, 0.15) is 54.1 Å². The lowest BCUT2D eigenvalue weighted by Gasteiger charge is -2.27. The molecule has 1 saturated carbocycles. The molecule has 3 atom stereocenters. The van der Waals surface area contributed by atoms with Crippen molar-refractivity contribution in [1.82, 2.24) is 30.0 Å². The van der Waals surface area contributed by atoms with E-state index in [9.17, 15) is 18.8 Å². The number of aromatic nitrogens is 4. The summed E-state index contributed by atoms with van der Waals surface area (Å²) in [5.74, 6) is -0.289. The third-order valence-electron chi connectivity index (χ3n) is 8.64. The molecule has 1 N–H and O–H groups in total. The van der Waals surface area contributed by atoms with E-state index in [0.29, 0.717) is 35.1 Å². The van der Waals surface area contributed by atoms with Gasteiger partial charge in [-0.2, -0.15) is 5.10 Å². The summed E-state index contributed by atoms with van der Waals surface area (Å²) in [6.07, 6.45) is 5.27. The van der Waals surface area contributed by atoms with Gasteiger partial charge in [0, 0.05) is 42.9 Å². The Morgan fingerprint density at radius 1 is 1.07 bits per heavy atom. The molecule has 216 valence electrons. The van der Waals surface area contributed by atoms with Gasteiger partial charge in [0.15, 0.2) is 5.78 Å². The average Bonchev–Trinajstić information content (AvgIpc) is 3.30. The summed E-state index contributed by atoms with van der Waals surface area (Å²) < 4.78 is 15.6. The minimum absolute atomic E-state index is 0.0179. The van der Waals surface area contributed by atoms with Crippen molar-refractivity contribution in [2.75, 3.05) is 6.54 Å². The number of carbonyl (C=O) groups excluding carboxylic acids is 3. The van der Waals surface area contributed by atoms with Crippen LogP contribution in [0.3, 0.4) is 0 Å². The number of hydrogen-bond donors (Lipinski definition) is 1. The molecule has 1 saturated heterocycles. The van der Waals surface area contributed by atoms with Gasteiger partial charge in [-0.3, -0.25) is 19.1 Å². The van der Waals surface area contributed by atoms with Crippen LogP contribution in [0.5, 0.6) is 0 Å². The second-order valence-electron chi connectivity index (χ2n) is 11.8. The number of nitrogens with zero attached hydrogens (tertiary/aromatic N) is 5.